The zero-order chi connectivity index (χ0) is 33.0. The largest absolute Gasteiger partial charge is 0.457 e. The van der Waals surface area contributed by atoms with Gasteiger partial charge in [-0.3, -0.25) is 0 Å². The van der Waals surface area contributed by atoms with Gasteiger partial charge in [-0.05, 0) is 73.8 Å². The summed E-state index contributed by atoms with van der Waals surface area (Å²) < 4.78 is 59.8. The van der Waals surface area contributed by atoms with Gasteiger partial charge in [0.1, 0.15) is 12.7 Å². The summed E-state index contributed by atoms with van der Waals surface area (Å²) >= 11 is 0. The molecule has 45 heavy (non-hydrogen) atoms. The molecule has 5 nitrogen and oxygen atoms in total. The maximum Gasteiger partial charge on any atom is 0.432 e. The van der Waals surface area contributed by atoms with Gasteiger partial charge in [-0.15, -0.1) is 0 Å². The Bertz CT molecular complexity index is 1380. The zero-order valence-electron chi connectivity index (χ0n) is 26.9. The second-order valence-electron chi connectivity index (χ2n) is 13.4. The van der Waals surface area contributed by atoms with Gasteiger partial charge in [-0.1, -0.05) is 94.0 Å². The first-order valence-electron chi connectivity index (χ1n) is 15.6. The van der Waals surface area contributed by atoms with Crippen molar-refractivity contribution in [3.05, 3.63) is 95.6 Å². The van der Waals surface area contributed by atoms with Crippen LogP contribution < -0.4 is 0 Å². The summed E-state index contributed by atoms with van der Waals surface area (Å²) in [6.07, 6.45) is 1.46. The minimum absolute atomic E-state index is 0.00583. The van der Waals surface area contributed by atoms with Crippen LogP contribution in [0.1, 0.15) is 82.1 Å². The third-order valence-electron chi connectivity index (χ3n) is 10.3. The molecule has 0 amide bonds. The van der Waals surface area contributed by atoms with E-state index in [0.717, 1.165) is 44.8 Å². The first-order valence-corrected chi connectivity index (χ1v) is 15.6. The third kappa shape index (κ3) is 6.91. The molecule has 2 aromatic carbocycles. The van der Waals surface area contributed by atoms with E-state index in [-0.39, 0.29) is 23.4 Å². The molecule has 2 aromatic rings. The summed E-state index contributed by atoms with van der Waals surface area (Å²) in [4.78, 5) is 26.3. The molecule has 2 aliphatic rings. The van der Waals surface area contributed by atoms with Crippen LogP contribution in [0.15, 0.2) is 84.5 Å². The van der Waals surface area contributed by atoms with Crippen molar-refractivity contribution in [3.63, 3.8) is 0 Å². The molecule has 0 aliphatic heterocycles. The topological polar surface area (TPSA) is 61.8 Å². The van der Waals surface area contributed by atoms with Crippen molar-refractivity contribution in [2.75, 3.05) is 13.7 Å². The quantitative estimate of drug-likeness (QED) is 0.195. The number of halogens is 3. The molecule has 0 bridgehead atoms. The number of carbonyl (C=O) groups is 2. The third-order valence-corrected chi connectivity index (χ3v) is 10.3. The van der Waals surface area contributed by atoms with Crippen LogP contribution in [0.25, 0.3) is 0 Å². The van der Waals surface area contributed by atoms with Gasteiger partial charge in [-0.2, -0.15) is 13.2 Å². The van der Waals surface area contributed by atoms with Gasteiger partial charge in [-0.25, -0.2) is 9.59 Å². The molecule has 0 spiro atoms. The van der Waals surface area contributed by atoms with Gasteiger partial charge in [0.25, 0.3) is 5.60 Å². The second-order valence-corrected chi connectivity index (χ2v) is 13.4. The molecule has 5 atom stereocenters. The Labute approximate surface area is 264 Å². The number of esters is 2. The van der Waals surface area contributed by atoms with Crippen molar-refractivity contribution in [3.8, 4) is 0 Å². The van der Waals surface area contributed by atoms with Crippen LogP contribution >= 0.6 is 0 Å². The Balaban J connectivity index is 1.65. The number of methoxy groups -OCH3 is 1. The van der Waals surface area contributed by atoms with Crippen molar-refractivity contribution in [2.24, 2.45) is 22.7 Å². The molecule has 0 N–H and O–H groups in total. The van der Waals surface area contributed by atoms with E-state index in [2.05, 4.69) is 27.4 Å². The Morgan fingerprint density at radius 3 is 2.24 bits per heavy atom. The molecule has 0 aromatic heterocycles. The van der Waals surface area contributed by atoms with Crippen molar-refractivity contribution >= 4 is 11.9 Å². The number of fused-ring (bicyclic) bond motifs is 1. The molecule has 0 heterocycles. The van der Waals surface area contributed by atoms with Gasteiger partial charge >= 0.3 is 18.1 Å². The van der Waals surface area contributed by atoms with E-state index in [0.29, 0.717) is 23.5 Å². The van der Waals surface area contributed by atoms with Crippen LogP contribution in [0.2, 0.25) is 0 Å². The Kier molecular flexibility index (Phi) is 10.4. The zero-order valence-corrected chi connectivity index (χ0v) is 26.9. The van der Waals surface area contributed by atoms with E-state index in [4.69, 9.17) is 14.2 Å². The van der Waals surface area contributed by atoms with E-state index in [1.807, 2.05) is 6.08 Å². The Hall–Kier alpha value is -3.39. The number of hydrogen-bond donors (Lipinski definition) is 0. The number of hydrogen-bond acceptors (Lipinski definition) is 5. The van der Waals surface area contributed by atoms with Gasteiger partial charge in [0.2, 0.25) is 0 Å². The monoisotopic (exact) mass is 626 g/mol. The summed E-state index contributed by atoms with van der Waals surface area (Å²) in [7, 11) is 0.836. The van der Waals surface area contributed by atoms with Crippen molar-refractivity contribution in [2.45, 2.75) is 84.1 Å². The van der Waals surface area contributed by atoms with Crippen molar-refractivity contribution < 1.29 is 37.0 Å². The van der Waals surface area contributed by atoms with Crippen LogP contribution in [0.3, 0.4) is 0 Å². The SMILES string of the molecule is C=C1CC[C@H]2C(C)(C)CCC[C@]2(C)[C@H]1C/C=C(\COC(=O)c1ccccc1)[C@@H](C)OC(=O)[C@@](OC)(c1ccccc1)C(F)(F)F. The minimum Gasteiger partial charge on any atom is -0.457 e. The standard InChI is InChI=1S/C37H45F3O5/c1-25-18-21-31-34(3,4)22-13-23-35(31,5)30(25)20-19-28(24-44-32(41)27-14-9-7-10-15-27)26(2)45-33(42)36(43-6,37(38,39)40)29-16-11-8-12-17-29/h7-12,14-17,19,26,30-31H,1,13,18,20-24H2,2-6H3/b28-19+/t26-,30+,31+,35-,36+/m1/s1. The molecular weight excluding hydrogens is 581 g/mol. The highest BCUT2D eigenvalue weighted by atomic mass is 19.4. The molecule has 244 valence electrons. The lowest BCUT2D eigenvalue weighted by Crippen LogP contribution is -2.52. The lowest BCUT2D eigenvalue weighted by molar-refractivity contribution is -0.277. The number of benzene rings is 2. The van der Waals surface area contributed by atoms with Crippen molar-refractivity contribution in [1.29, 1.82) is 0 Å². The molecule has 8 heteroatoms. The highest BCUT2D eigenvalue weighted by Gasteiger charge is 2.64. The normalized spacial score (nSPS) is 25.4. The molecular formula is C37H45F3O5. The summed E-state index contributed by atoms with van der Waals surface area (Å²) in [6, 6.07) is 15.1. The average molecular weight is 627 g/mol. The maximum atomic E-state index is 14.6. The number of rotatable bonds is 10. The minimum atomic E-state index is -5.11. The molecule has 4 rings (SSSR count). The van der Waals surface area contributed by atoms with E-state index in [1.54, 1.807) is 36.4 Å². The van der Waals surface area contributed by atoms with Gasteiger partial charge in [0.05, 0.1) is 5.56 Å². The number of ether oxygens (including phenoxy) is 3. The number of carbonyl (C=O) groups excluding carboxylic acids is 2. The lowest BCUT2D eigenvalue weighted by atomic mass is 9.47. The van der Waals surface area contributed by atoms with Crippen LogP contribution in [-0.4, -0.2) is 37.9 Å². The van der Waals surface area contributed by atoms with E-state index in [1.165, 1.54) is 31.2 Å². The first-order chi connectivity index (χ1) is 21.2. The van der Waals surface area contributed by atoms with E-state index >= 15 is 0 Å². The van der Waals surface area contributed by atoms with Crippen LogP contribution in [0, 0.1) is 22.7 Å². The van der Waals surface area contributed by atoms with E-state index in [9.17, 15) is 22.8 Å². The fourth-order valence-electron chi connectivity index (χ4n) is 7.83. The Morgan fingerprint density at radius 2 is 1.64 bits per heavy atom. The van der Waals surface area contributed by atoms with Crippen LogP contribution in [-0.2, 0) is 24.6 Å². The predicted octanol–water partition coefficient (Wildman–Crippen LogP) is 8.99. The maximum absolute atomic E-state index is 14.6. The number of alkyl halides is 3. The Morgan fingerprint density at radius 1 is 1.02 bits per heavy atom. The molecule has 2 aliphatic carbocycles. The molecule has 0 radical (unpaired) electrons. The fourth-order valence-corrected chi connectivity index (χ4v) is 7.83. The second kappa shape index (κ2) is 13.5. The molecule has 2 fully saturated rings. The fraction of sp³-hybridized carbons (Fsp3) is 0.514. The summed E-state index contributed by atoms with van der Waals surface area (Å²) in [5, 5.41) is 0. The summed E-state index contributed by atoms with van der Waals surface area (Å²) in [5.74, 6) is -1.57. The predicted molar refractivity (Wildman–Crippen MR) is 167 cm³/mol. The molecule has 0 saturated heterocycles. The van der Waals surface area contributed by atoms with Crippen LogP contribution in [0.4, 0.5) is 13.2 Å². The van der Waals surface area contributed by atoms with Gasteiger partial charge < -0.3 is 14.2 Å². The van der Waals surface area contributed by atoms with Crippen molar-refractivity contribution in [1.82, 2.24) is 0 Å². The number of allylic oxidation sites excluding steroid dienone is 2. The van der Waals surface area contributed by atoms with Gasteiger partial charge in [0, 0.05) is 18.2 Å². The highest BCUT2D eigenvalue weighted by Crippen LogP contribution is 2.61. The molecule has 2 saturated carbocycles. The van der Waals surface area contributed by atoms with Crippen LogP contribution in [0.5, 0.6) is 0 Å². The van der Waals surface area contributed by atoms with Gasteiger partial charge in [0.15, 0.2) is 0 Å². The molecule has 0 unspecified atom stereocenters. The average Bonchev–Trinajstić information content (AvgIpc) is 2.98. The highest BCUT2D eigenvalue weighted by molar-refractivity contribution is 5.89. The summed E-state index contributed by atoms with van der Waals surface area (Å²) in [5.41, 5.74) is -1.68. The lowest BCUT2D eigenvalue weighted by Gasteiger charge is -2.58. The smallest absolute Gasteiger partial charge is 0.432 e. The van der Waals surface area contributed by atoms with E-state index < -0.39 is 35.4 Å². The summed E-state index contributed by atoms with van der Waals surface area (Å²) in [6.45, 7) is 12.7. The first kappa shape index (κ1) is 34.5.